The zero-order valence-corrected chi connectivity index (χ0v) is 22.6. The first-order chi connectivity index (χ1) is 18.9. The van der Waals surface area contributed by atoms with E-state index in [2.05, 4.69) is 26.3 Å². The van der Waals surface area contributed by atoms with E-state index in [-0.39, 0.29) is 48.1 Å². The normalized spacial score (nSPS) is 21.7. The van der Waals surface area contributed by atoms with Gasteiger partial charge in [-0.05, 0) is 35.4 Å². The molecule has 2 unspecified atom stereocenters. The smallest absolute Gasteiger partial charge is 0.243 e. The summed E-state index contributed by atoms with van der Waals surface area (Å²) < 4.78 is 26.1. The van der Waals surface area contributed by atoms with Crippen LogP contribution in [0.5, 0.6) is 0 Å². The highest BCUT2D eigenvalue weighted by Crippen LogP contribution is 2.46. The van der Waals surface area contributed by atoms with Gasteiger partial charge < -0.3 is 0 Å². The summed E-state index contributed by atoms with van der Waals surface area (Å²) in [6.07, 6.45) is 6.37. The van der Waals surface area contributed by atoms with Gasteiger partial charge in [0.1, 0.15) is 11.6 Å². The van der Waals surface area contributed by atoms with E-state index in [9.17, 15) is 28.0 Å². The summed E-state index contributed by atoms with van der Waals surface area (Å²) in [5.74, 6) is -2.76. The first-order valence-electron chi connectivity index (χ1n) is 12.6. The van der Waals surface area contributed by atoms with Gasteiger partial charge in [-0.25, -0.2) is 8.78 Å². The third-order valence-corrected chi connectivity index (χ3v) is 7.90. The van der Waals surface area contributed by atoms with E-state index in [0.29, 0.717) is 0 Å². The van der Waals surface area contributed by atoms with Crippen molar-refractivity contribution >= 4 is 23.6 Å². The molecular formula is C32H32F2N2O4. The molecule has 0 spiro atoms. The van der Waals surface area contributed by atoms with Gasteiger partial charge in [0.25, 0.3) is 0 Å². The van der Waals surface area contributed by atoms with Crippen molar-refractivity contribution in [1.82, 2.24) is 9.80 Å². The van der Waals surface area contributed by atoms with E-state index in [0.717, 1.165) is 20.9 Å². The van der Waals surface area contributed by atoms with E-state index in [1.54, 1.807) is 24.3 Å². The van der Waals surface area contributed by atoms with Crippen molar-refractivity contribution < 1.29 is 28.0 Å². The van der Waals surface area contributed by atoms with Crippen LogP contribution in [0.3, 0.4) is 0 Å². The summed E-state index contributed by atoms with van der Waals surface area (Å²) in [6.45, 7) is 14.9. The molecule has 40 heavy (non-hydrogen) atoms. The number of nitrogens with zero attached hydrogens (tertiary/aromatic N) is 2. The first kappa shape index (κ1) is 30.1. The van der Waals surface area contributed by atoms with Gasteiger partial charge >= 0.3 is 0 Å². The van der Waals surface area contributed by atoms with Gasteiger partial charge in [-0.1, -0.05) is 48.6 Å². The molecule has 0 radical (unpaired) electrons. The fraction of sp³-hybridized carbons (Fsp3) is 0.250. The lowest BCUT2D eigenvalue weighted by molar-refractivity contribution is -0.154. The highest BCUT2D eigenvalue weighted by molar-refractivity contribution is 6.04. The fourth-order valence-corrected chi connectivity index (χ4v) is 5.33. The molecule has 0 aromatic heterocycles. The maximum atomic E-state index is 13.0. The summed E-state index contributed by atoms with van der Waals surface area (Å²) in [5.41, 5.74) is -0.636. The van der Waals surface area contributed by atoms with Crippen LogP contribution in [-0.4, -0.2) is 47.5 Å². The number of amides is 4. The Labute approximate surface area is 233 Å². The van der Waals surface area contributed by atoms with Crippen molar-refractivity contribution in [2.75, 3.05) is 14.1 Å². The molecule has 2 saturated heterocycles. The van der Waals surface area contributed by atoms with Gasteiger partial charge in [0.2, 0.25) is 23.6 Å². The summed E-state index contributed by atoms with van der Waals surface area (Å²) in [5, 5.41) is 0. The van der Waals surface area contributed by atoms with Gasteiger partial charge in [0.15, 0.2) is 0 Å². The quantitative estimate of drug-likeness (QED) is 0.364. The SMILES string of the molecule is C=CC1(C=C)C(=O)N(C)C(=O)CC1c1ccc(F)cc1.C=CC1(C=C)C(=O)N(C)C(=O)CC1c1ccc(F)cc1. The van der Waals surface area contributed by atoms with Crippen LogP contribution in [0.15, 0.2) is 99.2 Å². The lowest BCUT2D eigenvalue weighted by atomic mass is 9.67. The molecule has 4 rings (SSSR count). The van der Waals surface area contributed by atoms with Crippen LogP contribution >= 0.6 is 0 Å². The third-order valence-electron chi connectivity index (χ3n) is 7.90. The maximum Gasteiger partial charge on any atom is 0.243 e. The van der Waals surface area contributed by atoms with Gasteiger partial charge in [-0.3, -0.25) is 29.0 Å². The Kier molecular flexibility index (Phi) is 8.83. The molecule has 4 amide bonds. The van der Waals surface area contributed by atoms with Crippen LogP contribution in [-0.2, 0) is 19.2 Å². The zero-order chi connectivity index (χ0) is 29.8. The summed E-state index contributed by atoms with van der Waals surface area (Å²) in [4.78, 5) is 51.0. The molecule has 2 aliphatic rings. The highest BCUT2D eigenvalue weighted by Gasteiger charge is 2.50. The average Bonchev–Trinajstić information content (AvgIpc) is 2.96. The maximum absolute atomic E-state index is 13.0. The van der Waals surface area contributed by atoms with Crippen molar-refractivity contribution in [3.8, 4) is 0 Å². The second kappa shape index (κ2) is 11.7. The molecular weight excluding hydrogens is 514 g/mol. The lowest BCUT2D eigenvalue weighted by Crippen LogP contribution is -2.51. The van der Waals surface area contributed by atoms with Crippen molar-refractivity contribution in [3.05, 3.63) is 122 Å². The molecule has 2 atom stereocenters. The van der Waals surface area contributed by atoms with Crippen LogP contribution < -0.4 is 0 Å². The largest absolute Gasteiger partial charge is 0.285 e. The molecule has 2 aromatic carbocycles. The van der Waals surface area contributed by atoms with Crippen molar-refractivity contribution in [1.29, 1.82) is 0 Å². The molecule has 0 bridgehead atoms. The minimum atomic E-state index is -1.04. The predicted molar refractivity (Wildman–Crippen MR) is 149 cm³/mol. The lowest BCUT2D eigenvalue weighted by Gasteiger charge is -2.41. The second-order valence-electron chi connectivity index (χ2n) is 9.81. The molecule has 0 N–H and O–H groups in total. The second-order valence-corrected chi connectivity index (χ2v) is 9.81. The molecule has 8 heteroatoms. The van der Waals surface area contributed by atoms with Gasteiger partial charge in [0.05, 0.1) is 10.8 Å². The van der Waals surface area contributed by atoms with E-state index >= 15 is 0 Å². The van der Waals surface area contributed by atoms with Gasteiger partial charge in [0, 0.05) is 38.8 Å². The van der Waals surface area contributed by atoms with E-state index in [4.69, 9.17) is 0 Å². The molecule has 2 heterocycles. The number of piperidine rings is 2. The molecule has 2 aliphatic heterocycles. The first-order valence-corrected chi connectivity index (χ1v) is 12.6. The average molecular weight is 547 g/mol. The van der Waals surface area contributed by atoms with Crippen LogP contribution in [0.25, 0.3) is 0 Å². The van der Waals surface area contributed by atoms with Gasteiger partial charge in [-0.15, -0.1) is 26.3 Å². The van der Waals surface area contributed by atoms with Gasteiger partial charge in [-0.2, -0.15) is 0 Å². The number of benzene rings is 2. The Hall–Kier alpha value is -4.46. The van der Waals surface area contributed by atoms with E-state index < -0.39 is 22.7 Å². The van der Waals surface area contributed by atoms with Crippen LogP contribution in [0.4, 0.5) is 8.78 Å². The minimum absolute atomic E-state index is 0.159. The van der Waals surface area contributed by atoms with Crippen LogP contribution in [0, 0.1) is 22.5 Å². The Balaban J connectivity index is 0.000000220. The number of halogens is 2. The van der Waals surface area contributed by atoms with Crippen molar-refractivity contribution in [2.45, 2.75) is 24.7 Å². The van der Waals surface area contributed by atoms with E-state index in [1.807, 2.05) is 0 Å². The topological polar surface area (TPSA) is 74.8 Å². The molecule has 6 nitrogen and oxygen atoms in total. The number of hydrogen-bond donors (Lipinski definition) is 0. The summed E-state index contributed by atoms with van der Waals surface area (Å²) in [6, 6.07) is 11.6. The molecule has 2 aromatic rings. The third kappa shape index (κ3) is 5.09. The zero-order valence-electron chi connectivity index (χ0n) is 22.6. The number of imide groups is 2. The fourth-order valence-electron chi connectivity index (χ4n) is 5.33. The number of rotatable bonds is 6. The predicted octanol–water partition coefficient (Wildman–Crippen LogP) is 5.31. The Morgan fingerprint density at radius 2 is 0.900 bits per heavy atom. The Morgan fingerprint density at radius 3 is 1.15 bits per heavy atom. The van der Waals surface area contributed by atoms with Crippen molar-refractivity contribution in [3.63, 3.8) is 0 Å². The van der Waals surface area contributed by atoms with Crippen LogP contribution in [0.2, 0.25) is 0 Å². The summed E-state index contributed by atoms with van der Waals surface area (Å²) >= 11 is 0. The number of hydrogen-bond acceptors (Lipinski definition) is 4. The summed E-state index contributed by atoms with van der Waals surface area (Å²) in [7, 11) is 2.90. The van der Waals surface area contributed by atoms with Crippen LogP contribution in [0.1, 0.15) is 35.8 Å². The number of carbonyl (C=O) groups is 4. The van der Waals surface area contributed by atoms with Crippen molar-refractivity contribution in [2.24, 2.45) is 10.8 Å². The number of likely N-dealkylation sites (tertiary alicyclic amines) is 2. The minimum Gasteiger partial charge on any atom is -0.285 e. The Morgan fingerprint density at radius 1 is 0.625 bits per heavy atom. The molecule has 0 aliphatic carbocycles. The Bertz CT molecular complexity index is 1240. The molecule has 2 fully saturated rings. The molecule has 0 saturated carbocycles. The molecule has 208 valence electrons. The highest BCUT2D eigenvalue weighted by atomic mass is 19.1. The number of carbonyl (C=O) groups excluding carboxylic acids is 4. The van der Waals surface area contributed by atoms with E-state index in [1.165, 1.54) is 62.7 Å². The monoisotopic (exact) mass is 546 g/mol. The standard InChI is InChI=1S/2C16H16FNO2/c2*1-4-16(5-2)13(10-14(19)18(3)15(16)20)11-6-8-12(17)9-7-11/h2*4-9,13H,1-2,10H2,3H3.